The summed E-state index contributed by atoms with van der Waals surface area (Å²) in [5.74, 6) is -1.63. The molecule has 0 aliphatic heterocycles. The van der Waals surface area contributed by atoms with Gasteiger partial charge in [-0.25, -0.2) is 27.9 Å². The monoisotopic (exact) mass is 580 g/mol. The summed E-state index contributed by atoms with van der Waals surface area (Å²) in [6.45, 7) is 7.45. The number of hydrogen-bond donors (Lipinski definition) is 2. The Morgan fingerprint density at radius 1 is 1.03 bits per heavy atom. The van der Waals surface area contributed by atoms with E-state index in [9.17, 15) is 27.6 Å². The van der Waals surface area contributed by atoms with E-state index in [0.29, 0.717) is 28.6 Å². The van der Waals surface area contributed by atoms with Gasteiger partial charge in [-0.05, 0) is 58.0 Å². The first-order chi connectivity index (χ1) is 18.3. The van der Waals surface area contributed by atoms with E-state index in [0.717, 1.165) is 0 Å². The van der Waals surface area contributed by atoms with Crippen LogP contribution in [0.4, 0.5) is 11.6 Å². The van der Waals surface area contributed by atoms with E-state index >= 15 is 0 Å². The average Bonchev–Trinajstić information content (AvgIpc) is 2.84. The van der Waals surface area contributed by atoms with Crippen molar-refractivity contribution < 1.29 is 37.1 Å². The van der Waals surface area contributed by atoms with Crippen LogP contribution in [0, 0.1) is 19.8 Å². The number of Topliss-reactive ketones (excluding diaryl/α,β-unsaturated/α-hetero) is 1. The maximum absolute atomic E-state index is 12.7. The van der Waals surface area contributed by atoms with Crippen LogP contribution in [0.3, 0.4) is 0 Å². The maximum Gasteiger partial charge on any atom is 0.347 e. The van der Waals surface area contributed by atoms with Crippen LogP contribution in [0.1, 0.15) is 38.6 Å². The van der Waals surface area contributed by atoms with E-state index in [1.165, 1.54) is 49.9 Å². The van der Waals surface area contributed by atoms with Crippen molar-refractivity contribution in [3.63, 3.8) is 0 Å². The van der Waals surface area contributed by atoms with E-state index in [4.69, 9.17) is 9.47 Å². The van der Waals surface area contributed by atoms with Gasteiger partial charge in [0.25, 0.3) is 10.0 Å². The van der Waals surface area contributed by atoms with E-state index in [2.05, 4.69) is 20.0 Å². The highest BCUT2D eigenvalue weighted by Gasteiger charge is 2.20. The van der Waals surface area contributed by atoms with Crippen molar-refractivity contribution in [1.29, 1.82) is 0 Å². The Hall–Kier alpha value is -3.52. The standard InChI is InChI=1S/C25H32N4O8S2/c1-15(14-38-11-10-22(31)37-19(5)24(33)36-13-18(4)30)23(32)28-20-6-8-21(9-7-20)39(34,35)29-25-26-16(2)12-17(3)27-25/h6-9,12,15,19H,10-11,13-14H2,1-5H3,(H,28,32)(H,26,27,29). The molecule has 14 heteroatoms. The molecule has 1 aromatic carbocycles. The summed E-state index contributed by atoms with van der Waals surface area (Å²) >= 11 is 1.36. The lowest BCUT2D eigenvalue weighted by Gasteiger charge is -2.14. The van der Waals surface area contributed by atoms with Crippen molar-refractivity contribution in [2.45, 2.75) is 52.0 Å². The van der Waals surface area contributed by atoms with Gasteiger partial charge in [0.05, 0.1) is 11.3 Å². The Kier molecular flexibility index (Phi) is 11.9. The van der Waals surface area contributed by atoms with Gasteiger partial charge in [-0.15, -0.1) is 0 Å². The second-order valence-corrected chi connectivity index (χ2v) is 11.6. The number of rotatable bonds is 14. The van der Waals surface area contributed by atoms with Crippen LogP contribution < -0.4 is 10.0 Å². The molecular weight excluding hydrogens is 548 g/mol. The number of anilines is 2. The van der Waals surface area contributed by atoms with Crippen molar-refractivity contribution in [2.75, 3.05) is 28.2 Å². The highest BCUT2D eigenvalue weighted by Crippen LogP contribution is 2.19. The van der Waals surface area contributed by atoms with Gasteiger partial charge >= 0.3 is 11.9 Å². The molecule has 1 heterocycles. The summed E-state index contributed by atoms with van der Waals surface area (Å²) in [4.78, 5) is 55.1. The number of hydrogen-bond acceptors (Lipinski definition) is 11. The number of thioether (sulfide) groups is 1. The van der Waals surface area contributed by atoms with Crippen molar-refractivity contribution >= 4 is 57.0 Å². The van der Waals surface area contributed by atoms with E-state index in [-0.39, 0.29) is 35.6 Å². The zero-order chi connectivity index (χ0) is 29.2. The summed E-state index contributed by atoms with van der Waals surface area (Å²) in [5.41, 5.74) is 1.68. The molecule has 2 aromatic rings. The number of aryl methyl sites for hydroxylation is 2. The molecule has 0 radical (unpaired) electrons. The third kappa shape index (κ3) is 11.0. The fraction of sp³-hybridized carbons (Fsp3) is 0.440. The summed E-state index contributed by atoms with van der Waals surface area (Å²) < 4.78 is 37.3. The molecule has 0 aliphatic rings. The van der Waals surface area contributed by atoms with E-state index in [1.54, 1.807) is 26.8 Å². The molecule has 2 rings (SSSR count). The zero-order valence-electron chi connectivity index (χ0n) is 22.3. The predicted octanol–water partition coefficient (Wildman–Crippen LogP) is 2.66. The molecule has 39 heavy (non-hydrogen) atoms. The summed E-state index contributed by atoms with van der Waals surface area (Å²) in [5, 5.41) is 2.73. The third-order valence-corrected chi connectivity index (χ3v) is 7.54. The minimum Gasteiger partial charge on any atom is -0.455 e. The van der Waals surface area contributed by atoms with Gasteiger partial charge < -0.3 is 14.8 Å². The fourth-order valence-corrected chi connectivity index (χ4v) is 4.95. The second kappa shape index (κ2) is 14.6. The summed E-state index contributed by atoms with van der Waals surface area (Å²) in [6, 6.07) is 7.41. The Balaban J connectivity index is 1.77. The lowest BCUT2D eigenvalue weighted by atomic mass is 10.2. The zero-order valence-corrected chi connectivity index (χ0v) is 24.0. The number of amides is 1. The first-order valence-corrected chi connectivity index (χ1v) is 14.6. The molecule has 0 fully saturated rings. The smallest absolute Gasteiger partial charge is 0.347 e. The number of benzene rings is 1. The number of carbonyl (C=O) groups excluding carboxylic acids is 4. The van der Waals surface area contributed by atoms with Crippen molar-refractivity contribution in [2.24, 2.45) is 5.92 Å². The highest BCUT2D eigenvalue weighted by molar-refractivity contribution is 7.99. The molecule has 2 N–H and O–H groups in total. The average molecular weight is 581 g/mol. The van der Waals surface area contributed by atoms with Gasteiger partial charge in [0.1, 0.15) is 6.61 Å². The number of ether oxygens (including phenoxy) is 2. The largest absolute Gasteiger partial charge is 0.455 e. The summed E-state index contributed by atoms with van der Waals surface area (Å²) in [7, 11) is -3.92. The minimum atomic E-state index is -3.92. The number of sulfonamides is 1. The number of ketones is 1. The van der Waals surface area contributed by atoms with Gasteiger partial charge in [0.2, 0.25) is 11.9 Å². The molecular formula is C25H32N4O8S2. The number of carbonyl (C=O) groups is 4. The molecule has 0 spiro atoms. The van der Waals surface area contributed by atoms with Crippen LogP contribution in [0.5, 0.6) is 0 Å². The van der Waals surface area contributed by atoms with Gasteiger partial charge in [0, 0.05) is 34.5 Å². The van der Waals surface area contributed by atoms with Gasteiger partial charge in [-0.2, -0.15) is 11.8 Å². The first-order valence-electron chi connectivity index (χ1n) is 12.0. The molecule has 1 aromatic heterocycles. The second-order valence-electron chi connectivity index (χ2n) is 8.76. The van der Waals surface area contributed by atoms with Crippen molar-refractivity contribution in [3.8, 4) is 0 Å². The SMILES string of the molecule is CC(=O)COC(=O)C(C)OC(=O)CCSCC(C)C(=O)Nc1ccc(S(=O)(=O)Nc2nc(C)cc(C)n2)cc1. The number of aromatic nitrogens is 2. The lowest BCUT2D eigenvalue weighted by molar-refractivity contribution is -0.167. The van der Waals surface area contributed by atoms with Crippen LogP contribution in [0.15, 0.2) is 35.2 Å². The topological polar surface area (TPSA) is 171 Å². The molecule has 12 nitrogen and oxygen atoms in total. The molecule has 212 valence electrons. The minimum absolute atomic E-state index is 0.0137. The van der Waals surface area contributed by atoms with Crippen LogP contribution in [0.25, 0.3) is 0 Å². The third-order valence-electron chi connectivity index (χ3n) is 4.96. The van der Waals surface area contributed by atoms with Crippen molar-refractivity contribution in [1.82, 2.24) is 9.97 Å². The molecule has 2 atom stereocenters. The lowest BCUT2D eigenvalue weighted by Crippen LogP contribution is -2.28. The first kappa shape index (κ1) is 31.7. The van der Waals surface area contributed by atoms with Crippen molar-refractivity contribution in [3.05, 3.63) is 41.7 Å². The van der Waals surface area contributed by atoms with E-state index < -0.39 is 34.0 Å². The Labute approximate surface area is 231 Å². The Morgan fingerprint density at radius 3 is 2.23 bits per heavy atom. The molecule has 0 aliphatic carbocycles. The Morgan fingerprint density at radius 2 is 1.64 bits per heavy atom. The molecule has 1 amide bonds. The van der Waals surface area contributed by atoms with Crippen LogP contribution in [-0.4, -0.2) is 66.2 Å². The van der Waals surface area contributed by atoms with Gasteiger partial charge in [-0.1, -0.05) is 6.92 Å². The molecule has 0 saturated heterocycles. The Bertz CT molecular complexity index is 1280. The van der Waals surface area contributed by atoms with Crippen LogP contribution >= 0.6 is 11.8 Å². The molecule has 0 bridgehead atoms. The van der Waals surface area contributed by atoms with Gasteiger partial charge in [-0.3, -0.25) is 14.4 Å². The predicted molar refractivity (Wildman–Crippen MR) is 146 cm³/mol. The number of esters is 2. The maximum atomic E-state index is 12.7. The number of nitrogens with one attached hydrogen (secondary N) is 2. The molecule has 0 saturated carbocycles. The summed E-state index contributed by atoms with van der Waals surface area (Å²) in [6.07, 6.45) is -1.09. The fourth-order valence-electron chi connectivity index (χ4n) is 3.02. The van der Waals surface area contributed by atoms with Crippen LogP contribution in [-0.2, 0) is 38.7 Å². The normalized spacial score (nSPS) is 12.6. The number of nitrogens with zero attached hydrogens (tertiary/aromatic N) is 2. The van der Waals surface area contributed by atoms with Crippen LogP contribution in [0.2, 0.25) is 0 Å². The molecule has 2 unspecified atom stereocenters. The van der Waals surface area contributed by atoms with E-state index in [1.807, 2.05) is 0 Å². The highest BCUT2D eigenvalue weighted by atomic mass is 32.2. The quantitative estimate of drug-likeness (QED) is 0.249. The van der Waals surface area contributed by atoms with Gasteiger partial charge in [0.15, 0.2) is 11.9 Å².